The lowest BCUT2D eigenvalue weighted by molar-refractivity contribution is -0.139. The SMILES string of the molecule is CCNC(=O)C(C)N(Cc1ccc(F)cc1)C(=O)CN(c1ccccc1F)S(=O)(=O)N(C)C. The first kappa shape index (κ1) is 26.2. The van der Waals surface area contributed by atoms with Crippen LogP contribution < -0.4 is 9.62 Å². The molecule has 0 heterocycles. The third-order valence-electron chi connectivity index (χ3n) is 4.92. The highest BCUT2D eigenvalue weighted by Gasteiger charge is 2.33. The Balaban J connectivity index is 2.45. The minimum absolute atomic E-state index is 0.0788. The number of benzene rings is 2. The Morgan fingerprint density at radius 3 is 2.18 bits per heavy atom. The average Bonchev–Trinajstić information content (AvgIpc) is 2.77. The molecule has 8 nitrogen and oxygen atoms in total. The number of likely N-dealkylation sites (N-methyl/N-ethyl adjacent to an activating group) is 1. The van der Waals surface area contributed by atoms with E-state index in [1.54, 1.807) is 6.92 Å². The molecular formula is C22H28F2N4O4S. The summed E-state index contributed by atoms with van der Waals surface area (Å²) in [6.45, 7) is 2.73. The van der Waals surface area contributed by atoms with Crippen molar-refractivity contribution >= 4 is 27.7 Å². The molecule has 33 heavy (non-hydrogen) atoms. The van der Waals surface area contributed by atoms with Gasteiger partial charge in [0.2, 0.25) is 11.8 Å². The second kappa shape index (κ2) is 11.2. The number of anilines is 1. The summed E-state index contributed by atoms with van der Waals surface area (Å²) in [6.07, 6.45) is 0. The van der Waals surface area contributed by atoms with Gasteiger partial charge < -0.3 is 10.2 Å². The van der Waals surface area contributed by atoms with Crippen molar-refractivity contribution < 1.29 is 26.8 Å². The molecular weight excluding hydrogens is 454 g/mol. The molecule has 0 saturated heterocycles. The Labute approximate surface area is 193 Å². The zero-order valence-corrected chi connectivity index (χ0v) is 19.8. The lowest BCUT2D eigenvalue weighted by Gasteiger charge is -2.32. The van der Waals surface area contributed by atoms with Gasteiger partial charge in [-0.1, -0.05) is 24.3 Å². The summed E-state index contributed by atoms with van der Waals surface area (Å²) in [4.78, 5) is 27.0. The normalized spacial score (nSPS) is 12.3. The van der Waals surface area contributed by atoms with E-state index in [9.17, 15) is 26.8 Å². The van der Waals surface area contributed by atoms with Crippen LogP contribution in [0.5, 0.6) is 0 Å². The van der Waals surface area contributed by atoms with Crippen molar-refractivity contribution in [1.29, 1.82) is 0 Å². The van der Waals surface area contributed by atoms with E-state index in [2.05, 4.69) is 5.32 Å². The van der Waals surface area contributed by atoms with Crippen molar-refractivity contribution in [3.05, 3.63) is 65.7 Å². The van der Waals surface area contributed by atoms with Crippen molar-refractivity contribution in [2.75, 3.05) is 31.5 Å². The van der Waals surface area contributed by atoms with Crippen molar-refractivity contribution in [3.63, 3.8) is 0 Å². The number of carbonyl (C=O) groups is 2. The van der Waals surface area contributed by atoms with Crippen LogP contribution in [0.2, 0.25) is 0 Å². The van der Waals surface area contributed by atoms with Gasteiger partial charge >= 0.3 is 10.2 Å². The molecule has 0 aromatic heterocycles. The van der Waals surface area contributed by atoms with Crippen molar-refractivity contribution in [1.82, 2.24) is 14.5 Å². The van der Waals surface area contributed by atoms with Gasteiger partial charge in [0.15, 0.2) is 0 Å². The Kier molecular flexibility index (Phi) is 8.89. The fourth-order valence-electron chi connectivity index (χ4n) is 3.05. The van der Waals surface area contributed by atoms with E-state index in [1.807, 2.05) is 0 Å². The third-order valence-corrected chi connectivity index (χ3v) is 6.73. The Bertz CT molecular complexity index is 1080. The molecule has 0 aliphatic heterocycles. The van der Waals surface area contributed by atoms with E-state index in [-0.39, 0.29) is 12.2 Å². The summed E-state index contributed by atoms with van der Waals surface area (Å²) in [5.74, 6) is -2.46. The zero-order valence-electron chi connectivity index (χ0n) is 19.0. The number of para-hydroxylation sites is 1. The first-order valence-electron chi connectivity index (χ1n) is 10.2. The predicted molar refractivity (Wildman–Crippen MR) is 121 cm³/mol. The zero-order chi connectivity index (χ0) is 24.8. The third kappa shape index (κ3) is 6.48. The molecule has 0 bridgehead atoms. The van der Waals surface area contributed by atoms with Crippen molar-refractivity contribution in [2.24, 2.45) is 0 Å². The van der Waals surface area contributed by atoms with Crippen LogP contribution in [0.4, 0.5) is 14.5 Å². The lowest BCUT2D eigenvalue weighted by Crippen LogP contribution is -2.52. The molecule has 11 heteroatoms. The molecule has 2 aromatic rings. The maximum atomic E-state index is 14.5. The van der Waals surface area contributed by atoms with Crippen LogP contribution in [0.1, 0.15) is 19.4 Å². The standard InChI is InChI=1S/C22H28F2N4O4S/c1-5-25-22(30)16(2)27(14-17-10-12-18(23)13-11-17)21(29)15-28(33(31,32)26(3)4)20-9-7-6-8-19(20)24/h6-13,16H,5,14-15H2,1-4H3,(H,25,30). The molecule has 0 radical (unpaired) electrons. The van der Waals surface area contributed by atoms with E-state index in [0.29, 0.717) is 16.4 Å². The Hall–Kier alpha value is -3.05. The highest BCUT2D eigenvalue weighted by atomic mass is 32.2. The van der Waals surface area contributed by atoms with Crippen LogP contribution in [0.25, 0.3) is 0 Å². The fraction of sp³-hybridized carbons (Fsp3) is 0.364. The monoisotopic (exact) mass is 482 g/mol. The van der Waals surface area contributed by atoms with Gasteiger partial charge in [-0.05, 0) is 43.7 Å². The van der Waals surface area contributed by atoms with E-state index in [0.717, 1.165) is 10.4 Å². The molecule has 0 aliphatic rings. The van der Waals surface area contributed by atoms with Gasteiger partial charge in [-0.15, -0.1) is 0 Å². The molecule has 0 saturated carbocycles. The van der Waals surface area contributed by atoms with Crippen molar-refractivity contribution in [3.8, 4) is 0 Å². The van der Waals surface area contributed by atoms with E-state index in [1.165, 1.54) is 68.4 Å². The van der Waals surface area contributed by atoms with Crippen molar-refractivity contribution in [2.45, 2.75) is 26.4 Å². The minimum Gasteiger partial charge on any atom is -0.355 e. The highest BCUT2D eigenvalue weighted by Crippen LogP contribution is 2.23. The number of nitrogens with zero attached hydrogens (tertiary/aromatic N) is 3. The number of halogens is 2. The van der Waals surface area contributed by atoms with Gasteiger partial charge in [0.25, 0.3) is 0 Å². The number of carbonyl (C=O) groups excluding carboxylic acids is 2. The summed E-state index contributed by atoms with van der Waals surface area (Å²) < 4.78 is 55.2. The van der Waals surface area contributed by atoms with Crippen LogP contribution in [0.15, 0.2) is 48.5 Å². The first-order valence-corrected chi connectivity index (χ1v) is 11.6. The van der Waals surface area contributed by atoms with Crippen LogP contribution in [-0.4, -0.2) is 62.7 Å². The second-order valence-corrected chi connectivity index (χ2v) is 9.53. The molecule has 1 N–H and O–H groups in total. The Morgan fingerprint density at radius 2 is 1.64 bits per heavy atom. The topological polar surface area (TPSA) is 90.0 Å². The van der Waals surface area contributed by atoms with E-state index >= 15 is 0 Å². The number of nitrogens with one attached hydrogen (secondary N) is 1. The predicted octanol–water partition coefficient (Wildman–Crippen LogP) is 2.13. The second-order valence-electron chi connectivity index (χ2n) is 7.47. The fourth-order valence-corrected chi connectivity index (χ4v) is 4.11. The lowest BCUT2D eigenvalue weighted by atomic mass is 10.1. The van der Waals surface area contributed by atoms with Crippen LogP contribution >= 0.6 is 0 Å². The van der Waals surface area contributed by atoms with Crippen LogP contribution in [0, 0.1) is 11.6 Å². The minimum atomic E-state index is -4.25. The molecule has 1 atom stereocenters. The largest absolute Gasteiger partial charge is 0.355 e. The molecule has 0 aliphatic carbocycles. The molecule has 2 aromatic carbocycles. The molecule has 180 valence electrons. The molecule has 0 fully saturated rings. The smallest absolute Gasteiger partial charge is 0.304 e. The number of hydrogen-bond acceptors (Lipinski definition) is 4. The number of amides is 2. The summed E-state index contributed by atoms with van der Waals surface area (Å²) in [5.41, 5.74) is 0.237. The van der Waals surface area contributed by atoms with Gasteiger partial charge in [0.05, 0.1) is 5.69 Å². The first-order chi connectivity index (χ1) is 15.5. The maximum absolute atomic E-state index is 14.5. The summed E-state index contributed by atoms with van der Waals surface area (Å²) in [7, 11) is -1.72. The van der Waals surface area contributed by atoms with E-state index < -0.39 is 46.2 Å². The summed E-state index contributed by atoms with van der Waals surface area (Å²) in [5, 5.41) is 2.63. The maximum Gasteiger partial charge on any atom is 0.304 e. The van der Waals surface area contributed by atoms with Gasteiger partial charge in [-0.25, -0.2) is 13.1 Å². The molecule has 2 amide bonds. The number of hydrogen-bond donors (Lipinski definition) is 1. The summed E-state index contributed by atoms with van der Waals surface area (Å²) in [6, 6.07) is 9.59. The van der Waals surface area contributed by atoms with E-state index in [4.69, 9.17) is 0 Å². The number of rotatable bonds is 10. The van der Waals surface area contributed by atoms with Gasteiger partial charge in [-0.3, -0.25) is 9.59 Å². The van der Waals surface area contributed by atoms with Gasteiger partial charge in [0.1, 0.15) is 24.2 Å². The van der Waals surface area contributed by atoms with Gasteiger partial charge in [0, 0.05) is 27.2 Å². The Morgan fingerprint density at radius 1 is 1.03 bits per heavy atom. The molecule has 1 unspecified atom stereocenters. The van der Waals surface area contributed by atoms with Crippen LogP contribution in [-0.2, 0) is 26.3 Å². The summed E-state index contributed by atoms with van der Waals surface area (Å²) >= 11 is 0. The average molecular weight is 483 g/mol. The molecule has 2 rings (SSSR count). The van der Waals surface area contributed by atoms with Gasteiger partial charge in [-0.2, -0.15) is 12.7 Å². The van der Waals surface area contributed by atoms with Crippen LogP contribution in [0.3, 0.4) is 0 Å². The highest BCUT2D eigenvalue weighted by molar-refractivity contribution is 7.90. The quantitative estimate of drug-likeness (QED) is 0.562. The molecule has 0 spiro atoms.